The fourth-order valence-corrected chi connectivity index (χ4v) is 4.88. The van der Waals surface area contributed by atoms with Crippen LogP contribution in [-0.4, -0.2) is 52.4 Å². The van der Waals surface area contributed by atoms with Gasteiger partial charge in [0.2, 0.25) is 0 Å². The Labute approximate surface area is 223 Å². The van der Waals surface area contributed by atoms with Crippen molar-refractivity contribution in [1.82, 2.24) is 4.90 Å². The van der Waals surface area contributed by atoms with E-state index in [1.807, 2.05) is 79.9 Å². The van der Waals surface area contributed by atoms with Gasteiger partial charge >= 0.3 is 5.97 Å². The first-order valence-electron chi connectivity index (χ1n) is 12.6. The molecule has 2 aliphatic rings. The van der Waals surface area contributed by atoms with Crippen molar-refractivity contribution >= 4 is 34.9 Å². The van der Waals surface area contributed by atoms with Crippen molar-refractivity contribution in [3.05, 3.63) is 94.5 Å². The Morgan fingerprint density at radius 1 is 1.03 bits per heavy atom. The van der Waals surface area contributed by atoms with E-state index in [1.54, 1.807) is 4.90 Å². The molecule has 0 fully saturated rings. The standard InChI is InChI=1S/C30H32ClN3O3/c1-20-25-18-23(30(37)34(2)19-21-8-4-3-5-9-21)14-17-26(25)33-29(22-12-15-24(31)16-13-22)27(32-20)10-6-7-11-28(35)36/h3-5,8-9,12-18,20,25-26H,6-7,10-11,19H2,1-2H3,(H,35,36). The Hall–Kier alpha value is -3.51. The summed E-state index contributed by atoms with van der Waals surface area (Å²) in [4.78, 5) is 36.1. The average molecular weight is 518 g/mol. The number of amides is 1. The van der Waals surface area contributed by atoms with E-state index in [9.17, 15) is 9.59 Å². The Morgan fingerprint density at radius 2 is 1.76 bits per heavy atom. The molecule has 4 rings (SSSR count). The van der Waals surface area contributed by atoms with Crippen LogP contribution >= 0.6 is 11.6 Å². The largest absolute Gasteiger partial charge is 0.481 e. The molecule has 0 aromatic heterocycles. The Balaban J connectivity index is 1.59. The SMILES string of the molecule is CC1N=C(CCCCC(=O)O)C(c2ccc(Cl)cc2)=NC2C=CC(C(=O)N(C)Cc3ccccc3)=CC12. The number of benzene rings is 2. The molecular formula is C30H32ClN3O3. The smallest absolute Gasteiger partial charge is 0.303 e. The number of carboxylic acid groups (broad SMARTS) is 1. The second-order valence-electron chi connectivity index (χ2n) is 9.60. The minimum atomic E-state index is -0.793. The molecule has 7 heteroatoms. The summed E-state index contributed by atoms with van der Waals surface area (Å²) in [5, 5.41) is 9.66. The Morgan fingerprint density at radius 3 is 2.46 bits per heavy atom. The third-order valence-electron chi connectivity index (χ3n) is 6.74. The van der Waals surface area contributed by atoms with Crippen molar-refractivity contribution in [2.75, 3.05) is 7.05 Å². The van der Waals surface area contributed by atoms with Crippen LogP contribution in [0.3, 0.4) is 0 Å². The number of likely N-dealkylation sites (N-methyl/N-ethyl adjacent to an activating group) is 1. The number of carbonyl (C=O) groups is 2. The Kier molecular flexibility index (Phi) is 8.72. The fourth-order valence-electron chi connectivity index (χ4n) is 4.75. The molecule has 192 valence electrons. The van der Waals surface area contributed by atoms with Gasteiger partial charge < -0.3 is 10.0 Å². The summed E-state index contributed by atoms with van der Waals surface area (Å²) in [5.74, 6) is -0.888. The molecule has 1 heterocycles. The average Bonchev–Trinajstić information content (AvgIpc) is 3.03. The maximum absolute atomic E-state index is 13.3. The second kappa shape index (κ2) is 12.2. The van der Waals surface area contributed by atoms with Crippen molar-refractivity contribution in [2.24, 2.45) is 15.9 Å². The summed E-state index contributed by atoms with van der Waals surface area (Å²) in [6, 6.07) is 17.2. The van der Waals surface area contributed by atoms with Gasteiger partial charge in [0.1, 0.15) is 0 Å². The molecule has 2 aromatic rings. The number of carboxylic acids is 1. The van der Waals surface area contributed by atoms with E-state index >= 15 is 0 Å². The van der Waals surface area contributed by atoms with Crippen molar-refractivity contribution in [3.63, 3.8) is 0 Å². The summed E-state index contributed by atoms with van der Waals surface area (Å²) in [6.45, 7) is 2.59. The maximum Gasteiger partial charge on any atom is 0.303 e. The van der Waals surface area contributed by atoms with Crippen LogP contribution < -0.4 is 0 Å². The van der Waals surface area contributed by atoms with Gasteiger partial charge in [0.25, 0.3) is 5.91 Å². The monoisotopic (exact) mass is 517 g/mol. The zero-order valence-corrected chi connectivity index (χ0v) is 21.9. The molecule has 1 aliphatic heterocycles. The summed E-state index contributed by atoms with van der Waals surface area (Å²) in [7, 11) is 1.82. The number of hydrogen-bond acceptors (Lipinski definition) is 4. The van der Waals surface area contributed by atoms with Crippen LogP contribution in [0.4, 0.5) is 0 Å². The molecular weight excluding hydrogens is 486 g/mol. The number of carbonyl (C=O) groups excluding carboxylic acids is 1. The van der Waals surface area contributed by atoms with Gasteiger partial charge in [-0.15, -0.1) is 0 Å². The van der Waals surface area contributed by atoms with Gasteiger partial charge in [0.05, 0.1) is 23.5 Å². The molecule has 0 spiro atoms. The van der Waals surface area contributed by atoms with Crippen LogP contribution in [0.5, 0.6) is 0 Å². The number of aliphatic carboxylic acids is 1. The quantitative estimate of drug-likeness (QED) is 0.429. The van der Waals surface area contributed by atoms with Gasteiger partial charge in [-0.3, -0.25) is 19.6 Å². The van der Waals surface area contributed by atoms with Crippen molar-refractivity contribution in [3.8, 4) is 0 Å². The van der Waals surface area contributed by atoms with E-state index < -0.39 is 5.97 Å². The highest BCUT2D eigenvalue weighted by Crippen LogP contribution is 2.30. The van der Waals surface area contributed by atoms with E-state index in [0.717, 1.165) is 22.6 Å². The minimum absolute atomic E-state index is 0.0326. The van der Waals surface area contributed by atoms with Gasteiger partial charge in [0.15, 0.2) is 0 Å². The third-order valence-corrected chi connectivity index (χ3v) is 6.99. The molecule has 37 heavy (non-hydrogen) atoms. The predicted octanol–water partition coefficient (Wildman–Crippen LogP) is 5.76. The number of rotatable bonds is 9. The predicted molar refractivity (Wildman–Crippen MR) is 148 cm³/mol. The number of fused-ring (bicyclic) bond motifs is 1. The lowest BCUT2D eigenvalue weighted by atomic mass is 9.86. The topological polar surface area (TPSA) is 82.3 Å². The van der Waals surface area contributed by atoms with Gasteiger partial charge in [-0.2, -0.15) is 0 Å². The third kappa shape index (κ3) is 6.83. The van der Waals surface area contributed by atoms with Gasteiger partial charge in [0, 0.05) is 42.1 Å². The zero-order valence-electron chi connectivity index (χ0n) is 21.2. The van der Waals surface area contributed by atoms with Gasteiger partial charge in [-0.1, -0.05) is 72.3 Å². The summed E-state index contributed by atoms with van der Waals surface area (Å²) in [5.41, 5.74) is 4.32. The van der Waals surface area contributed by atoms with Gasteiger partial charge in [-0.25, -0.2) is 0 Å². The lowest BCUT2D eigenvalue weighted by Crippen LogP contribution is -2.32. The lowest BCUT2D eigenvalue weighted by molar-refractivity contribution is -0.137. The lowest BCUT2D eigenvalue weighted by Gasteiger charge is -2.26. The molecule has 1 amide bonds. The molecule has 0 saturated heterocycles. The Bertz CT molecular complexity index is 1250. The minimum Gasteiger partial charge on any atom is -0.481 e. The summed E-state index contributed by atoms with van der Waals surface area (Å²) >= 11 is 6.13. The second-order valence-corrected chi connectivity index (χ2v) is 10.0. The molecule has 6 nitrogen and oxygen atoms in total. The molecule has 0 saturated carbocycles. The normalized spacial score (nSPS) is 20.7. The zero-order chi connectivity index (χ0) is 26.4. The maximum atomic E-state index is 13.3. The molecule has 3 unspecified atom stereocenters. The highest BCUT2D eigenvalue weighted by molar-refractivity contribution is 6.48. The number of unbranched alkanes of at least 4 members (excludes halogenated alkanes) is 1. The van der Waals surface area contributed by atoms with Crippen LogP contribution in [0.1, 0.15) is 43.7 Å². The molecule has 0 bridgehead atoms. The van der Waals surface area contributed by atoms with Gasteiger partial charge in [-0.05, 0) is 43.9 Å². The summed E-state index contributed by atoms with van der Waals surface area (Å²) < 4.78 is 0. The number of hydrogen-bond donors (Lipinski definition) is 1. The molecule has 0 radical (unpaired) electrons. The highest BCUT2D eigenvalue weighted by atomic mass is 35.5. The van der Waals surface area contributed by atoms with Crippen LogP contribution in [0.25, 0.3) is 0 Å². The van der Waals surface area contributed by atoms with Crippen molar-refractivity contribution < 1.29 is 14.7 Å². The number of nitrogens with zero attached hydrogens (tertiary/aromatic N) is 3. The first-order chi connectivity index (χ1) is 17.8. The molecule has 1 N–H and O–H groups in total. The van der Waals surface area contributed by atoms with Crippen molar-refractivity contribution in [1.29, 1.82) is 0 Å². The van der Waals surface area contributed by atoms with E-state index in [2.05, 4.69) is 6.92 Å². The molecule has 1 aliphatic carbocycles. The first-order valence-corrected chi connectivity index (χ1v) is 13.0. The van der Waals surface area contributed by atoms with E-state index in [4.69, 9.17) is 26.7 Å². The number of aliphatic imine (C=N–C) groups is 2. The highest BCUT2D eigenvalue weighted by Gasteiger charge is 2.32. The van der Waals surface area contributed by atoms with Crippen LogP contribution in [0.2, 0.25) is 5.02 Å². The summed E-state index contributed by atoms with van der Waals surface area (Å²) in [6.07, 6.45) is 7.95. The van der Waals surface area contributed by atoms with E-state index in [0.29, 0.717) is 36.4 Å². The van der Waals surface area contributed by atoms with Crippen molar-refractivity contribution in [2.45, 2.75) is 51.2 Å². The fraction of sp³-hybridized carbons (Fsp3) is 0.333. The van der Waals surface area contributed by atoms with E-state index in [1.165, 1.54) is 0 Å². The van der Waals surface area contributed by atoms with Crippen LogP contribution in [0, 0.1) is 5.92 Å². The van der Waals surface area contributed by atoms with Crippen LogP contribution in [0.15, 0.2) is 88.4 Å². The van der Waals surface area contributed by atoms with E-state index in [-0.39, 0.29) is 30.3 Å². The first kappa shape index (κ1) is 26.6. The number of halogens is 1. The molecule has 2 aromatic carbocycles. The molecule has 3 atom stereocenters. The van der Waals surface area contributed by atoms with Crippen LogP contribution in [-0.2, 0) is 16.1 Å².